The quantitative estimate of drug-likeness (QED) is 0.864. The van der Waals surface area contributed by atoms with E-state index in [9.17, 15) is 0 Å². The van der Waals surface area contributed by atoms with Crippen molar-refractivity contribution in [2.75, 3.05) is 26.7 Å². The Hall–Kier alpha value is -1.06. The summed E-state index contributed by atoms with van der Waals surface area (Å²) in [6, 6.07) is 9.50. The Morgan fingerprint density at radius 1 is 1.40 bits per heavy atom. The normalized spacial score (nSPS) is 24.8. The maximum atomic E-state index is 5.35. The Balaban J connectivity index is 2.09. The maximum Gasteiger partial charge on any atom is 0.119 e. The lowest BCUT2D eigenvalue weighted by atomic mass is 10.1. The molecule has 0 radical (unpaired) electrons. The summed E-state index contributed by atoms with van der Waals surface area (Å²) >= 11 is 0. The molecule has 1 saturated heterocycles. The molecule has 2 rings (SSSR count). The van der Waals surface area contributed by atoms with Crippen LogP contribution in [0.25, 0.3) is 0 Å². The number of likely N-dealkylation sites (tertiary alicyclic amines) is 1. The fourth-order valence-corrected chi connectivity index (χ4v) is 3.27. The minimum absolute atomic E-state index is 0.378. The number of nitrogens with one attached hydrogen (secondary N) is 1. The molecule has 1 aliphatic rings. The van der Waals surface area contributed by atoms with Gasteiger partial charge in [0.1, 0.15) is 5.75 Å². The zero-order valence-corrected chi connectivity index (χ0v) is 13.2. The van der Waals surface area contributed by atoms with E-state index in [1.165, 1.54) is 18.5 Å². The van der Waals surface area contributed by atoms with Crippen LogP contribution in [-0.4, -0.2) is 37.7 Å². The molecule has 1 aromatic carbocycles. The molecule has 1 aromatic rings. The first-order valence-corrected chi connectivity index (χ1v) is 7.75. The zero-order chi connectivity index (χ0) is 14.5. The number of hydrogen-bond acceptors (Lipinski definition) is 3. The summed E-state index contributed by atoms with van der Waals surface area (Å²) in [6.07, 6.45) is 1.32. The highest BCUT2D eigenvalue weighted by atomic mass is 16.5. The van der Waals surface area contributed by atoms with Crippen LogP contribution in [0.2, 0.25) is 0 Å². The van der Waals surface area contributed by atoms with Crippen molar-refractivity contribution in [3.8, 4) is 5.75 Å². The third kappa shape index (κ3) is 3.74. The highest BCUT2D eigenvalue weighted by Gasteiger charge is 2.28. The fraction of sp³-hybridized carbons (Fsp3) is 0.647. The number of benzene rings is 1. The summed E-state index contributed by atoms with van der Waals surface area (Å²) in [6.45, 7) is 10.1. The van der Waals surface area contributed by atoms with Crippen molar-refractivity contribution >= 4 is 0 Å². The second-order valence-electron chi connectivity index (χ2n) is 6.03. The molecule has 3 heteroatoms. The van der Waals surface area contributed by atoms with E-state index < -0.39 is 0 Å². The SMILES string of the molecule is CCNC(CN1CC(C)CC1C)c1cccc(OC)c1. The molecule has 0 bridgehead atoms. The molecule has 3 atom stereocenters. The second-order valence-corrected chi connectivity index (χ2v) is 6.03. The van der Waals surface area contributed by atoms with E-state index in [1.54, 1.807) is 7.11 Å². The van der Waals surface area contributed by atoms with Gasteiger partial charge in [-0.05, 0) is 43.5 Å². The lowest BCUT2D eigenvalue weighted by molar-refractivity contribution is 0.235. The number of ether oxygens (including phenoxy) is 1. The van der Waals surface area contributed by atoms with Gasteiger partial charge in [0.05, 0.1) is 7.11 Å². The van der Waals surface area contributed by atoms with Gasteiger partial charge in [-0.2, -0.15) is 0 Å². The lowest BCUT2D eigenvalue weighted by Gasteiger charge is -2.28. The van der Waals surface area contributed by atoms with Crippen LogP contribution < -0.4 is 10.1 Å². The van der Waals surface area contributed by atoms with Gasteiger partial charge in [-0.15, -0.1) is 0 Å². The number of rotatable bonds is 6. The number of methoxy groups -OCH3 is 1. The average molecular weight is 276 g/mol. The van der Waals surface area contributed by atoms with Gasteiger partial charge < -0.3 is 10.1 Å². The van der Waals surface area contributed by atoms with E-state index in [-0.39, 0.29) is 0 Å². The maximum absolute atomic E-state index is 5.35. The van der Waals surface area contributed by atoms with Gasteiger partial charge in [0.25, 0.3) is 0 Å². The molecular weight excluding hydrogens is 248 g/mol. The van der Waals surface area contributed by atoms with E-state index in [0.717, 1.165) is 24.8 Å². The highest BCUT2D eigenvalue weighted by molar-refractivity contribution is 5.30. The topological polar surface area (TPSA) is 24.5 Å². The molecule has 1 fully saturated rings. The molecule has 112 valence electrons. The van der Waals surface area contributed by atoms with E-state index in [0.29, 0.717) is 12.1 Å². The standard InChI is InChI=1S/C17H28N2O/c1-5-18-17(12-19-11-13(2)9-14(19)3)15-7-6-8-16(10-15)20-4/h6-8,10,13-14,17-18H,5,9,11-12H2,1-4H3. The van der Waals surface area contributed by atoms with Gasteiger partial charge in [0.15, 0.2) is 0 Å². The van der Waals surface area contributed by atoms with Gasteiger partial charge in [0, 0.05) is 25.2 Å². The van der Waals surface area contributed by atoms with Crippen LogP contribution in [0.5, 0.6) is 5.75 Å². The Bertz CT molecular complexity index is 421. The van der Waals surface area contributed by atoms with Crippen LogP contribution in [0.1, 0.15) is 38.8 Å². The Morgan fingerprint density at radius 3 is 2.80 bits per heavy atom. The van der Waals surface area contributed by atoms with E-state index in [4.69, 9.17) is 4.74 Å². The Labute approximate surface area is 123 Å². The molecule has 3 unspecified atom stereocenters. The predicted octanol–water partition coefficient (Wildman–Crippen LogP) is 3.08. The summed E-state index contributed by atoms with van der Waals surface area (Å²) < 4.78 is 5.35. The third-order valence-corrected chi connectivity index (χ3v) is 4.28. The van der Waals surface area contributed by atoms with E-state index in [1.807, 2.05) is 6.07 Å². The summed E-state index contributed by atoms with van der Waals surface area (Å²) in [5.74, 6) is 1.76. The number of nitrogens with zero attached hydrogens (tertiary/aromatic N) is 1. The summed E-state index contributed by atoms with van der Waals surface area (Å²) in [7, 11) is 1.73. The molecular formula is C17H28N2O. The van der Waals surface area contributed by atoms with Gasteiger partial charge in [-0.1, -0.05) is 26.0 Å². The van der Waals surface area contributed by atoms with Crippen molar-refractivity contribution < 1.29 is 4.74 Å². The molecule has 1 heterocycles. The van der Waals surface area contributed by atoms with Gasteiger partial charge in [0.2, 0.25) is 0 Å². The highest BCUT2D eigenvalue weighted by Crippen LogP contribution is 2.26. The van der Waals surface area contributed by atoms with Crippen LogP contribution in [0, 0.1) is 5.92 Å². The van der Waals surface area contributed by atoms with Crippen molar-refractivity contribution in [1.29, 1.82) is 0 Å². The van der Waals surface area contributed by atoms with Crippen molar-refractivity contribution in [3.05, 3.63) is 29.8 Å². The smallest absolute Gasteiger partial charge is 0.119 e. The summed E-state index contributed by atoms with van der Waals surface area (Å²) in [5.41, 5.74) is 1.32. The second kappa shape index (κ2) is 7.09. The minimum Gasteiger partial charge on any atom is -0.497 e. The monoisotopic (exact) mass is 276 g/mol. The van der Waals surface area contributed by atoms with Gasteiger partial charge in [-0.25, -0.2) is 0 Å². The molecule has 1 aliphatic heterocycles. The predicted molar refractivity (Wildman–Crippen MR) is 84.2 cm³/mol. The number of likely N-dealkylation sites (N-methyl/N-ethyl adjacent to an activating group) is 1. The summed E-state index contributed by atoms with van der Waals surface area (Å²) in [4.78, 5) is 2.61. The first kappa shape index (κ1) is 15.3. The first-order valence-electron chi connectivity index (χ1n) is 7.75. The molecule has 0 spiro atoms. The average Bonchev–Trinajstić information content (AvgIpc) is 2.76. The van der Waals surface area contributed by atoms with Crippen molar-refractivity contribution in [1.82, 2.24) is 10.2 Å². The molecule has 0 saturated carbocycles. The lowest BCUT2D eigenvalue weighted by Crippen LogP contribution is -2.37. The van der Waals surface area contributed by atoms with Crippen molar-refractivity contribution in [3.63, 3.8) is 0 Å². The van der Waals surface area contributed by atoms with Crippen LogP contribution in [-0.2, 0) is 0 Å². The molecule has 0 amide bonds. The summed E-state index contributed by atoms with van der Waals surface area (Å²) in [5, 5.41) is 3.62. The van der Waals surface area contributed by atoms with Crippen LogP contribution in [0.4, 0.5) is 0 Å². The molecule has 20 heavy (non-hydrogen) atoms. The van der Waals surface area contributed by atoms with Crippen molar-refractivity contribution in [2.45, 2.75) is 39.3 Å². The van der Waals surface area contributed by atoms with E-state index >= 15 is 0 Å². The van der Waals surface area contributed by atoms with Crippen LogP contribution >= 0.6 is 0 Å². The first-order chi connectivity index (χ1) is 9.63. The number of hydrogen-bond donors (Lipinski definition) is 1. The molecule has 1 N–H and O–H groups in total. The van der Waals surface area contributed by atoms with Crippen LogP contribution in [0.15, 0.2) is 24.3 Å². The largest absolute Gasteiger partial charge is 0.497 e. The molecule has 0 aliphatic carbocycles. The Kier molecular flexibility index (Phi) is 5.44. The third-order valence-electron chi connectivity index (χ3n) is 4.28. The van der Waals surface area contributed by atoms with Crippen LogP contribution in [0.3, 0.4) is 0 Å². The molecule has 0 aromatic heterocycles. The van der Waals surface area contributed by atoms with Crippen molar-refractivity contribution in [2.24, 2.45) is 5.92 Å². The van der Waals surface area contributed by atoms with Gasteiger partial charge >= 0.3 is 0 Å². The van der Waals surface area contributed by atoms with Gasteiger partial charge in [-0.3, -0.25) is 4.90 Å². The van der Waals surface area contributed by atoms with E-state index in [2.05, 4.69) is 49.2 Å². The Morgan fingerprint density at radius 2 is 2.20 bits per heavy atom. The zero-order valence-electron chi connectivity index (χ0n) is 13.2. The fourth-order valence-electron chi connectivity index (χ4n) is 3.27. The minimum atomic E-state index is 0.378. The molecule has 3 nitrogen and oxygen atoms in total.